The molecule has 19 heavy (non-hydrogen) atoms. The van der Waals surface area contributed by atoms with Crippen molar-refractivity contribution in [3.8, 4) is 0 Å². The molecule has 0 saturated carbocycles. The summed E-state index contributed by atoms with van der Waals surface area (Å²) in [6.45, 7) is 0. The molecule has 0 bridgehead atoms. The number of hydrogen-bond donors (Lipinski definition) is 1. The van der Waals surface area contributed by atoms with Gasteiger partial charge in [-0.05, 0) is 0 Å². The van der Waals surface area contributed by atoms with Crippen LogP contribution in [0, 0.1) is 0 Å². The normalized spacial score (nSPS) is 3.05. The molecule has 0 aliphatic heterocycles. The summed E-state index contributed by atoms with van der Waals surface area (Å²) >= 11 is 0. The Bertz CT molecular complexity index is 99.9. The SMILES string of the molecule is O.O.O.O.O.O.O.O.O.O.O.O.O=S(=O)([O-])O.[Cr].[Na+]. The van der Waals surface area contributed by atoms with Crippen molar-refractivity contribution < 1.29 is 130 Å². The summed E-state index contributed by atoms with van der Waals surface area (Å²) < 4.78 is 32.8. The zero-order chi connectivity index (χ0) is 4.50. The summed E-state index contributed by atoms with van der Waals surface area (Å²) in [4.78, 5) is 0. The van der Waals surface area contributed by atoms with Gasteiger partial charge in [0, 0.05) is 17.4 Å². The number of rotatable bonds is 0. The van der Waals surface area contributed by atoms with E-state index in [0.717, 1.165) is 0 Å². The maximum atomic E-state index is 8.63. The molecule has 0 heterocycles. The molecule has 0 atom stereocenters. The van der Waals surface area contributed by atoms with E-state index >= 15 is 0 Å². The van der Waals surface area contributed by atoms with Crippen LogP contribution >= 0.6 is 0 Å². The molecule has 0 fully saturated rings. The van der Waals surface area contributed by atoms with Crippen molar-refractivity contribution in [3.05, 3.63) is 0 Å². The van der Waals surface area contributed by atoms with E-state index in [9.17, 15) is 0 Å². The molecule has 19 heteroatoms. The predicted molar refractivity (Wildman–Crippen MR) is 55.7 cm³/mol. The van der Waals surface area contributed by atoms with Crippen LogP contribution in [0.4, 0.5) is 0 Å². The Morgan fingerprint density at radius 1 is 0.579 bits per heavy atom. The molecule has 25 N–H and O–H groups in total. The van der Waals surface area contributed by atoms with Crippen LogP contribution in [0.3, 0.4) is 0 Å². The van der Waals surface area contributed by atoms with Crippen LogP contribution in [-0.4, -0.2) is 83.2 Å². The van der Waals surface area contributed by atoms with Crippen LogP contribution in [0.15, 0.2) is 0 Å². The second-order valence-corrected chi connectivity index (χ2v) is 1.28. The smallest absolute Gasteiger partial charge is 0.726 e. The van der Waals surface area contributed by atoms with Gasteiger partial charge in [-0.25, -0.2) is 8.42 Å². The van der Waals surface area contributed by atoms with Crippen molar-refractivity contribution in [2.24, 2.45) is 0 Å². The Morgan fingerprint density at radius 2 is 0.579 bits per heavy atom. The molecule has 16 nitrogen and oxygen atoms in total. The first-order valence-electron chi connectivity index (χ1n) is 0.683. The Morgan fingerprint density at radius 3 is 0.579 bits per heavy atom. The van der Waals surface area contributed by atoms with E-state index < -0.39 is 10.4 Å². The summed E-state index contributed by atoms with van der Waals surface area (Å²) in [7, 11) is -4.92. The van der Waals surface area contributed by atoms with Crippen LogP contribution in [0.5, 0.6) is 0 Å². The second-order valence-electron chi connectivity index (χ2n) is 0.428. The Kier molecular flexibility index (Phi) is 1970. The third-order valence-corrected chi connectivity index (χ3v) is 0. The van der Waals surface area contributed by atoms with E-state index in [1.54, 1.807) is 0 Å². The van der Waals surface area contributed by atoms with Gasteiger partial charge in [0.05, 0.1) is 0 Å². The van der Waals surface area contributed by atoms with Gasteiger partial charge in [-0.2, -0.15) is 0 Å². The fraction of sp³-hybridized carbons (Fsp3) is 0. The summed E-state index contributed by atoms with van der Waals surface area (Å²) in [6, 6.07) is 0. The summed E-state index contributed by atoms with van der Waals surface area (Å²) in [6.07, 6.45) is 0. The van der Waals surface area contributed by atoms with Gasteiger partial charge in [0.1, 0.15) is 0 Å². The molecule has 134 valence electrons. The predicted octanol–water partition coefficient (Wildman–Crippen LogP) is -13.9. The molecule has 0 saturated heterocycles. The Balaban J connectivity index is -0.000000000879. The van der Waals surface area contributed by atoms with Crippen molar-refractivity contribution in [3.63, 3.8) is 0 Å². The molecule has 0 aliphatic rings. The third kappa shape index (κ3) is 6370. The van der Waals surface area contributed by atoms with Gasteiger partial charge in [0.25, 0.3) is 0 Å². The molecular formula is H25CrNaO16S. The zero-order valence-corrected chi connectivity index (χ0v) is 13.6. The average Bonchev–Trinajstić information content (AvgIpc) is 0.722. The fourth-order valence-corrected chi connectivity index (χ4v) is 0. The van der Waals surface area contributed by atoms with Crippen molar-refractivity contribution >= 4 is 10.4 Å². The van der Waals surface area contributed by atoms with Crippen LogP contribution < -0.4 is 29.6 Å². The van der Waals surface area contributed by atoms with Gasteiger partial charge >= 0.3 is 29.6 Å². The topological polar surface area (TPSA) is 455 Å². The monoisotopic (exact) mass is 388 g/mol. The summed E-state index contributed by atoms with van der Waals surface area (Å²) in [5.41, 5.74) is 0. The van der Waals surface area contributed by atoms with E-state index in [4.69, 9.17) is 17.5 Å². The minimum Gasteiger partial charge on any atom is -0.726 e. The van der Waals surface area contributed by atoms with E-state index in [-0.39, 0.29) is 113 Å². The maximum absolute atomic E-state index is 8.63. The van der Waals surface area contributed by atoms with Crippen molar-refractivity contribution in [2.45, 2.75) is 0 Å². The quantitative estimate of drug-likeness (QED) is 0.239. The minimum absolute atomic E-state index is 0. The molecule has 0 aromatic carbocycles. The molecule has 0 radical (unpaired) electrons. The average molecular weight is 388 g/mol. The van der Waals surface area contributed by atoms with Gasteiger partial charge in [0.15, 0.2) is 0 Å². The van der Waals surface area contributed by atoms with Crippen LogP contribution in [0.1, 0.15) is 0 Å². The molecule has 0 aromatic heterocycles. The van der Waals surface area contributed by atoms with Gasteiger partial charge in [-0.15, -0.1) is 0 Å². The standard InChI is InChI=1S/Cr.Na.H2O4S.12H2O/c;;1-5(2,3)4;;;;;;;;;;;;/h;;(H2,1,2,3,4);12*1H2/q;+1;;;;;;;;;;;;;/p-1. The van der Waals surface area contributed by atoms with Crippen LogP contribution in [0.25, 0.3) is 0 Å². The van der Waals surface area contributed by atoms with Crippen molar-refractivity contribution in [1.29, 1.82) is 0 Å². The molecular weight excluding hydrogens is 363 g/mol. The fourth-order valence-electron chi connectivity index (χ4n) is 0. The van der Waals surface area contributed by atoms with Crippen molar-refractivity contribution in [2.75, 3.05) is 0 Å². The molecule has 0 aromatic rings. The van der Waals surface area contributed by atoms with Crippen LogP contribution in [-0.2, 0) is 27.8 Å². The molecule has 0 spiro atoms. The molecule has 0 amide bonds. The van der Waals surface area contributed by atoms with Gasteiger partial charge < -0.3 is 70.3 Å². The van der Waals surface area contributed by atoms with Gasteiger partial charge in [-0.1, -0.05) is 0 Å². The zero-order valence-electron chi connectivity index (χ0n) is 9.49. The van der Waals surface area contributed by atoms with E-state index in [1.807, 2.05) is 0 Å². The molecule has 0 aliphatic carbocycles. The van der Waals surface area contributed by atoms with Gasteiger partial charge in [0.2, 0.25) is 10.4 Å². The third-order valence-electron chi connectivity index (χ3n) is 0. The molecule has 0 unspecified atom stereocenters. The molecule has 0 rings (SSSR count). The first-order valence-corrected chi connectivity index (χ1v) is 2.05. The van der Waals surface area contributed by atoms with Gasteiger partial charge in [-0.3, -0.25) is 4.55 Å². The van der Waals surface area contributed by atoms with E-state index in [2.05, 4.69) is 0 Å². The van der Waals surface area contributed by atoms with E-state index in [1.165, 1.54) is 0 Å². The minimum atomic E-state index is -4.92. The van der Waals surface area contributed by atoms with Crippen molar-refractivity contribution in [1.82, 2.24) is 0 Å². The Labute approximate surface area is 140 Å². The first-order chi connectivity index (χ1) is 2.00. The maximum Gasteiger partial charge on any atom is 1.00 e. The number of hydrogen-bond acceptors (Lipinski definition) is 3. The largest absolute Gasteiger partial charge is 1.00 e. The summed E-state index contributed by atoms with van der Waals surface area (Å²) in [5.74, 6) is 0. The van der Waals surface area contributed by atoms with Crippen LogP contribution in [0.2, 0.25) is 0 Å². The second kappa shape index (κ2) is 127. The summed E-state index contributed by atoms with van der Waals surface area (Å²) in [5, 5.41) is 0. The Hall–Kier alpha value is 0.922. The van der Waals surface area contributed by atoms with E-state index in [0.29, 0.717) is 0 Å². The first kappa shape index (κ1) is 294.